The number of anilines is 1. The van der Waals surface area contributed by atoms with Crippen molar-refractivity contribution in [3.8, 4) is 0 Å². The van der Waals surface area contributed by atoms with Gasteiger partial charge in [-0.3, -0.25) is 24.5 Å². The molecule has 0 saturated carbocycles. The number of rotatable bonds is 8. The maximum atomic E-state index is 12.1. The van der Waals surface area contributed by atoms with Crippen LogP contribution in [0.5, 0.6) is 0 Å². The van der Waals surface area contributed by atoms with E-state index in [2.05, 4.69) is 5.32 Å². The fraction of sp³-hybridized carbons (Fsp3) is 0.278. The Hall–Kier alpha value is -2.78. The number of nitro groups is 1. The molecule has 0 saturated heterocycles. The fourth-order valence-electron chi connectivity index (χ4n) is 2.38. The van der Waals surface area contributed by atoms with Crippen LogP contribution in [-0.4, -0.2) is 29.2 Å². The molecule has 0 aliphatic carbocycles. The fourth-order valence-corrected chi connectivity index (χ4v) is 3.55. The van der Waals surface area contributed by atoms with Gasteiger partial charge < -0.3 is 10.1 Å². The summed E-state index contributed by atoms with van der Waals surface area (Å²) in [6, 6.07) is 5.36. The van der Waals surface area contributed by atoms with Gasteiger partial charge >= 0.3 is 5.97 Å². The first-order valence-electron chi connectivity index (χ1n) is 8.17. The molecule has 2 aromatic rings. The molecule has 10 heteroatoms. The Morgan fingerprint density at radius 3 is 2.50 bits per heavy atom. The maximum absolute atomic E-state index is 12.1. The highest BCUT2D eigenvalue weighted by molar-refractivity contribution is 7.12. The molecule has 0 aliphatic heterocycles. The van der Waals surface area contributed by atoms with E-state index < -0.39 is 23.4 Å². The first-order chi connectivity index (χ1) is 13.2. The molecule has 1 aromatic carbocycles. The van der Waals surface area contributed by atoms with E-state index in [-0.39, 0.29) is 35.0 Å². The molecule has 28 heavy (non-hydrogen) atoms. The summed E-state index contributed by atoms with van der Waals surface area (Å²) >= 11 is 7.39. The van der Waals surface area contributed by atoms with Crippen molar-refractivity contribution < 1.29 is 24.0 Å². The van der Waals surface area contributed by atoms with Crippen LogP contribution in [0.15, 0.2) is 24.3 Å². The molecule has 148 valence electrons. The van der Waals surface area contributed by atoms with Gasteiger partial charge in [0.25, 0.3) is 11.6 Å². The van der Waals surface area contributed by atoms with Crippen LogP contribution in [0.1, 0.15) is 33.0 Å². The number of hydrogen-bond acceptors (Lipinski definition) is 7. The Labute approximate surface area is 169 Å². The molecule has 0 spiro atoms. The van der Waals surface area contributed by atoms with E-state index in [1.165, 1.54) is 23.5 Å². The lowest BCUT2D eigenvalue weighted by atomic mass is 10.1. The van der Waals surface area contributed by atoms with Gasteiger partial charge in [0.1, 0.15) is 0 Å². The van der Waals surface area contributed by atoms with Crippen molar-refractivity contribution in [2.24, 2.45) is 0 Å². The van der Waals surface area contributed by atoms with E-state index in [1.54, 1.807) is 6.07 Å². The number of ether oxygens (including phenoxy) is 1. The van der Waals surface area contributed by atoms with Crippen molar-refractivity contribution in [2.75, 3.05) is 11.9 Å². The Morgan fingerprint density at radius 2 is 1.93 bits per heavy atom. The molecule has 0 radical (unpaired) electrons. The third-order valence-electron chi connectivity index (χ3n) is 3.70. The number of nitrogens with zero attached hydrogens (tertiary/aromatic N) is 1. The van der Waals surface area contributed by atoms with Crippen LogP contribution in [-0.2, 0) is 14.3 Å². The Bertz CT molecular complexity index is 940. The minimum Gasteiger partial charge on any atom is -0.456 e. The van der Waals surface area contributed by atoms with Crippen molar-refractivity contribution in [3.05, 3.63) is 54.7 Å². The third-order valence-corrected chi connectivity index (χ3v) is 4.98. The average Bonchev–Trinajstić information content (AvgIpc) is 2.97. The molecule has 8 nitrogen and oxygen atoms in total. The number of esters is 1. The van der Waals surface area contributed by atoms with Gasteiger partial charge in [0.05, 0.1) is 22.1 Å². The summed E-state index contributed by atoms with van der Waals surface area (Å²) in [4.78, 5) is 47.7. The summed E-state index contributed by atoms with van der Waals surface area (Å²) in [5.41, 5.74) is 0.544. The van der Waals surface area contributed by atoms with Crippen LogP contribution in [0.4, 0.5) is 11.4 Å². The number of carbonyl (C=O) groups excluding carboxylic acids is 3. The van der Waals surface area contributed by atoms with Gasteiger partial charge in [0.15, 0.2) is 12.4 Å². The van der Waals surface area contributed by atoms with Crippen LogP contribution in [0.25, 0.3) is 0 Å². The predicted octanol–water partition coefficient (Wildman–Crippen LogP) is 4.07. The number of nitrogens with one attached hydrogen (secondary N) is 1. The van der Waals surface area contributed by atoms with Gasteiger partial charge in [-0.15, -0.1) is 11.3 Å². The number of nitro benzene ring substituents is 1. The molecule has 0 aliphatic rings. The molecule has 1 heterocycles. The van der Waals surface area contributed by atoms with E-state index in [9.17, 15) is 24.5 Å². The SMILES string of the molecule is Cc1cc(C(=O)CCC(=O)OCC(=O)Nc2ccc([N+](=O)[O-])cc2Cl)c(C)s1. The molecule has 0 atom stereocenters. The second-order valence-electron chi connectivity index (χ2n) is 5.88. The highest BCUT2D eigenvalue weighted by atomic mass is 35.5. The van der Waals surface area contributed by atoms with Crippen molar-refractivity contribution in [1.82, 2.24) is 0 Å². The van der Waals surface area contributed by atoms with Crippen molar-refractivity contribution in [3.63, 3.8) is 0 Å². The van der Waals surface area contributed by atoms with Gasteiger partial charge in [-0.1, -0.05) is 11.6 Å². The summed E-state index contributed by atoms with van der Waals surface area (Å²) in [7, 11) is 0. The second-order valence-corrected chi connectivity index (χ2v) is 7.75. The van der Waals surface area contributed by atoms with E-state index in [0.717, 1.165) is 15.8 Å². The van der Waals surface area contributed by atoms with Gasteiger partial charge in [0.2, 0.25) is 0 Å². The molecule has 0 fully saturated rings. The quantitative estimate of drug-likeness (QED) is 0.295. The maximum Gasteiger partial charge on any atom is 0.306 e. The third kappa shape index (κ3) is 5.86. The topological polar surface area (TPSA) is 116 Å². The first kappa shape index (κ1) is 21.5. The number of halogens is 1. The second kappa shape index (κ2) is 9.43. The Kier molecular flexibility index (Phi) is 7.24. The average molecular weight is 425 g/mol. The number of aryl methyl sites for hydroxylation is 2. The number of non-ortho nitro benzene ring substituents is 1. The van der Waals surface area contributed by atoms with Gasteiger partial charge in [-0.05, 0) is 26.0 Å². The van der Waals surface area contributed by atoms with E-state index in [4.69, 9.17) is 16.3 Å². The number of ketones is 1. The largest absolute Gasteiger partial charge is 0.456 e. The number of carbonyl (C=O) groups is 3. The summed E-state index contributed by atoms with van der Waals surface area (Å²) in [6.07, 6.45) is -0.148. The zero-order chi connectivity index (χ0) is 20.8. The minimum absolute atomic E-state index is 0.00829. The van der Waals surface area contributed by atoms with Gasteiger partial charge in [-0.2, -0.15) is 0 Å². The van der Waals surface area contributed by atoms with Crippen LogP contribution in [0.3, 0.4) is 0 Å². The van der Waals surface area contributed by atoms with E-state index in [1.807, 2.05) is 13.8 Å². The molecular weight excluding hydrogens is 408 g/mol. The number of thiophene rings is 1. The summed E-state index contributed by atoms with van der Waals surface area (Å²) in [5, 5.41) is 13.0. The van der Waals surface area contributed by atoms with Crippen molar-refractivity contribution >= 4 is 52.0 Å². The van der Waals surface area contributed by atoms with Crippen LogP contribution >= 0.6 is 22.9 Å². The number of amides is 1. The molecule has 1 aromatic heterocycles. The number of hydrogen-bond donors (Lipinski definition) is 1. The van der Waals surface area contributed by atoms with Gasteiger partial charge in [0, 0.05) is 33.9 Å². The standard InChI is InChI=1S/C18H17ClN2O6S/c1-10-7-13(11(2)28-10)16(22)5-6-18(24)27-9-17(23)20-15-4-3-12(21(25)26)8-14(15)19/h3-4,7-8H,5-6,9H2,1-2H3,(H,20,23). The molecule has 0 unspecified atom stereocenters. The monoisotopic (exact) mass is 424 g/mol. The predicted molar refractivity (Wildman–Crippen MR) is 105 cm³/mol. The smallest absolute Gasteiger partial charge is 0.306 e. The van der Waals surface area contributed by atoms with Crippen LogP contribution in [0.2, 0.25) is 5.02 Å². The zero-order valence-electron chi connectivity index (χ0n) is 15.1. The summed E-state index contributed by atoms with van der Waals surface area (Å²) < 4.78 is 4.85. The van der Waals surface area contributed by atoms with Crippen LogP contribution in [0, 0.1) is 24.0 Å². The van der Waals surface area contributed by atoms with Crippen molar-refractivity contribution in [2.45, 2.75) is 26.7 Å². The highest BCUT2D eigenvalue weighted by Gasteiger charge is 2.16. The molecule has 1 amide bonds. The Morgan fingerprint density at radius 1 is 1.21 bits per heavy atom. The number of benzene rings is 1. The molecule has 1 N–H and O–H groups in total. The van der Waals surface area contributed by atoms with Crippen LogP contribution < -0.4 is 5.32 Å². The van der Waals surface area contributed by atoms with E-state index >= 15 is 0 Å². The summed E-state index contributed by atoms with van der Waals surface area (Å²) in [5.74, 6) is -1.48. The van der Waals surface area contributed by atoms with E-state index in [0.29, 0.717) is 5.56 Å². The Balaban J connectivity index is 1.79. The normalized spacial score (nSPS) is 10.4. The lowest BCUT2D eigenvalue weighted by Gasteiger charge is -2.08. The van der Waals surface area contributed by atoms with Crippen molar-refractivity contribution in [1.29, 1.82) is 0 Å². The lowest BCUT2D eigenvalue weighted by molar-refractivity contribution is -0.384. The lowest BCUT2D eigenvalue weighted by Crippen LogP contribution is -2.21. The first-order valence-corrected chi connectivity index (χ1v) is 9.36. The minimum atomic E-state index is -0.678. The number of Topliss-reactive ketones (excluding diaryl/α,β-unsaturated/α-hetero) is 1. The highest BCUT2D eigenvalue weighted by Crippen LogP contribution is 2.26. The summed E-state index contributed by atoms with van der Waals surface area (Å²) in [6.45, 7) is 3.19. The molecular formula is C18H17ClN2O6S. The molecule has 2 rings (SSSR count). The zero-order valence-corrected chi connectivity index (χ0v) is 16.7. The van der Waals surface area contributed by atoms with Gasteiger partial charge in [-0.25, -0.2) is 0 Å². The molecule has 0 bridgehead atoms.